The van der Waals surface area contributed by atoms with Gasteiger partial charge in [0.1, 0.15) is 5.82 Å². The van der Waals surface area contributed by atoms with Gasteiger partial charge in [-0.15, -0.1) is 0 Å². The molecule has 0 radical (unpaired) electrons. The number of hydrogen-bond donors (Lipinski definition) is 1. The fraction of sp³-hybridized carbons (Fsp3) is 0.357. The molecule has 0 saturated heterocycles. The fourth-order valence-electron chi connectivity index (χ4n) is 2.10. The Morgan fingerprint density at radius 3 is 2.58 bits per heavy atom. The molecule has 0 saturated carbocycles. The summed E-state index contributed by atoms with van der Waals surface area (Å²) in [6.07, 6.45) is 0.582. The molecule has 1 aromatic heterocycles. The molecule has 1 heterocycles. The van der Waals surface area contributed by atoms with Crippen molar-refractivity contribution in [3.05, 3.63) is 52.1 Å². The van der Waals surface area contributed by atoms with E-state index in [1.807, 2.05) is 18.5 Å². The number of nitrogens with two attached hydrogens (primary N) is 1. The van der Waals surface area contributed by atoms with Crippen molar-refractivity contribution in [2.45, 2.75) is 32.9 Å². The first-order valence-electron chi connectivity index (χ1n) is 6.25. The maximum absolute atomic E-state index is 12.9. The third-order valence-corrected chi connectivity index (χ3v) is 3.66. The van der Waals surface area contributed by atoms with Gasteiger partial charge in [0.05, 0.1) is 16.4 Å². The molecule has 2 aromatic rings. The minimum Gasteiger partial charge on any atom is -0.324 e. The second-order valence-corrected chi connectivity index (χ2v) is 4.90. The Morgan fingerprint density at radius 1 is 1.37 bits per heavy atom. The summed E-state index contributed by atoms with van der Waals surface area (Å²) in [4.78, 5) is 0. The third-order valence-electron chi connectivity index (χ3n) is 3.16. The molecule has 0 fully saturated rings. The molecule has 19 heavy (non-hydrogen) atoms. The van der Waals surface area contributed by atoms with Gasteiger partial charge in [-0.05, 0) is 31.5 Å². The van der Waals surface area contributed by atoms with Crippen molar-refractivity contribution in [1.29, 1.82) is 0 Å². The van der Waals surface area contributed by atoms with Crippen LogP contribution in [-0.4, -0.2) is 9.78 Å². The molecule has 2 N–H and O–H groups in total. The largest absolute Gasteiger partial charge is 0.324 e. The molecule has 3 nitrogen and oxygen atoms in total. The fourth-order valence-corrected chi connectivity index (χ4v) is 2.31. The standard InChI is InChI=1S/C14H17ClFN3/c1-3-19-13(14(15)9(2)18-19)8-12(17)10-4-6-11(16)7-5-10/h4-7,12H,3,8,17H2,1-2H3. The van der Waals surface area contributed by atoms with E-state index in [-0.39, 0.29) is 11.9 Å². The van der Waals surface area contributed by atoms with Gasteiger partial charge < -0.3 is 5.73 Å². The van der Waals surface area contributed by atoms with Gasteiger partial charge in [0.25, 0.3) is 0 Å². The van der Waals surface area contributed by atoms with Crippen LogP contribution < -0.4 is 5.73 Å². The summed E-state index contributed by atoms with van der Waals surface area (Å²) < 4.78 is 14.7. The quantitative estimate of drug-likeness (QED) is 0.935. The van der Waals surface area contributed by atoms with E-state index in [1.165, 1.54) is 12.1 Å². The first kappa shape index (κ1) is 14.0. The molecule has 5 heteroatoms. The van der Waals surface area contributed by atoms with Crippen LogP contribution in [0.5, 0.6) is 0 Å². The Labute approximate surface area is 117 Å². The maximum Gasteiger partial charge on any atom is 0.123 e. The predicted molar refractivity (Wildman–Crippen MR) is 74.7 cm³/mol. The smallest absolute Gasteiger partial charge is 0.123 e. The van der Waals surface area contributed by atoms with Crippen LogP contribution in [-0.2, 0) is 13.0 Å². The Bertz CT molecular complexity index is 563. The second-order valence-electron chi connectivity index (χ2n) is 4.52. The maximum atomic E-state index is 12.9. The molecule has 0 bridgehead atoms. The van der Waals surface area contributed by atoms with E-state index in [9.17, 15) is 4.39 Å². The molecule has 102 valence electrons. The van der Waals surface area contributed by atoms with Gasteiger partial charge in [0.2, 0.25) is 0 Å². The highest BCUT2D eigenvalue weighted by Crippen LogP contribution is 2.25. The van der Waals surface area contributed by atoms with Crippen LogP contribution in [0.3, 0.4) is 0 Å². The number of aryl methyl sites for hydroxylation is 2. The molecule has 0 amide bonds. The Morgan fingerprint density at radius 2 is 2.00 bits per heavy atom. The number of halogens is 2. The zero-order chi connectivity index (χ0) is 14.0. The van der Waals surface area contributed by atoms with Crippen molar-refractivity contribution < 1.29 is 4.39 Å². The normalized spacial score (nSPS) is 12.7. The summed E-state index contributed by atoms with van der Waals surface area (Å²) in [5.41, 5.74) is 8.78. The van der Waals surface area contributed by atoms with Gasteiger partial charge in [-0.3, -0.25) is 4.68 Å². The van der Waals surface area contributed by atoms with Crippen molar-refractivity contribution >= 4 is 11.6 Å². The molecule has 0 spiro atoms. The van der Waals surface area contributed by atoms with E-state index >= 15 is 0 Å². The van der Waals surface area contributed by atoms with Gasteiger partial charge >= 0.3 is 0 Å². The molecule has 0 aliphatic heterocycles. The van der Waals surface area contributed by atoms with Gasteiger partial charge in [-0.25, -0.2) is 4.39 Å². The lowest BCUT2D eigenvalue weighted by atomic mass is 10.0. The van der Waals surface area contributed by atoms with Crippen LogP contribution in [0.15, 0.2) is 24.3 Å². The van der Waals surface area contributed by atoms with Crippen LogP contribution in [0, 0.1) is 12.7 Å². The average molecular weight is 282 g/mol. The molecule has 0 aliphatic carbocycles. The van der Waals surface area contributed by atoms with E-state index in [0.717, 1.165) is 23.5 Å². The molecule has 1 atom stereocenters. The summed E-state index contributed by atoms with van der Waals surface area (Å²) >= 11 is 6.25. The van der Waals surface area contributed by atoms with Gasteiger partial charge in [0.15, 0.2) is 0 Å². The second kappa shape index (κ2) is 5.72. The lowest BCUT2D eigenvalue weighted by Gasteiger charge is -2.13. The summed E-state index contributed by atoms with van der Waals surface area (Å²) in [5, 5.41) is 5.02. The van der Waals surface area contributed by atoms with Gasteiger partial charge in [-0.1, -0.05) is 23.7 Å². The zero-order valence-electron chi connectivity index (χ0n) is 11.0. The van der Waals surface area contributed by atoms with Crippen molar-refractivity contribution in [1.82, 2.24) is 9.78 Å². The number of rotatable bonds is 4. The SMILES string of the molecule is CCn1nc(C)c(Cl)c1CC(N)c1ccc(F)cc1. The molecule has 0 aliphatic rings. The Balaban J connectivity index is 2.23. The average Bonchev–Trinajstić information content (AvgIpc) is 2.67. The molecular formula is C14H17ClFN3. The monoisotopic (exact) mass is 281 g/mol. The summed E-state index contributed by atoms with van der Waals surface area (Å²) in [7, 11) is 0. The van der Waals surface area contributed by atoms with Gasteiger partial charge in [-0.2, -0.15) is 5.10 Å². The lowest BCUT2D eigenvalue weighted by Crippen LogP contribution is -2.16. The molecule has 1 aromatic carbocycles. The van der Waals surface area contributed by atoms with Crippen LogP contribution in [0.4, 0.5) is 4.39 Å². The van der Waals surface area contributed by atoms with E-state index < -0.39 is 0 Å². The van der Waals surface area contributed by atoms with Crippen LogP contribution in [0.2, 0.25) is 5.02 Å². The van der Waals surface area contributed by atoms with Crippen LogP contribution >= 0.6 is 11.6 Å². The van der Waals surface area contributed by atoms with Crippen molar-refractivity contribution in [2.75, 3.05) is 0 Å². The third kappa shape index (κ3) is 2.96. The summed E-state index contributed by atoms with van der Waals surface area (Å²) in [6.45, 7) is 4.64. The van der Waals surface area contributed by atoms with E-state index in [0.29, 0.717) is 11.4 Å². The van der Waals surface area contributed by atoms with E-state index in [4.69, 9.17) is 17.3 Å². The highest BCUT2D eigenvalue weighted by molar-refractivity contribution is 6.31. The number of aromatic nitrogens is 2. The highest BCUT2D eigenvalue weighted by Gasteiger charge is 2.16. The first-order valence-corrected chi connectivity index (χ1v) is 6.63. The first-order chi connectivity index (χ1) is 9.02. The van der Waals surface area contributed by atoms with Crippen LogP contribution in [0.25, 0.3) is 0 Å². The summed E-state index contributed by atoms with van der Waals surface area (Å²) in [5.74, 6) is -0.261. The van der Waals surface area contributed by atoms with Crippen LogP contribution in [0.1, 0.15) is 29.9 Å². The molecule has 2 rings (SSSR count). The lowest BCUT2D eigenvalue weighted by molar-refractivity contribution is 0.585. The zero-order valence-corrected chi connectivity index (χ0v) is 11.8. The van der Waals surface area contributed by atoms with Crippen molar-refractivity contribution in [3.63, 3.8) is 0 Å². The Kier molecular flexibility index (Phi) is 4.22. The number of nitrogens with zero attached hydrogens (tertiary/aromatic N) is 2. The van der Waals surface area contributed by atoms with E-state index in [1.54, 1.807) is 12.1 Å². The van der Waals surface area contributed by atoms with Gasteiger partial charge in [0, 0.05) is 19.0 Å². The minimum absolute atomic E-state index is 0.223. The van der Waals surface area contributed by atoms with Crippen molar-refractivity contribution in [3.8, 4) is 0 Å². The number of hydrogen-bond acceptors (Lipinski definition) is 2. The highest BCUT2D eigenvalue weighted by atomic mass is 35.5. The Hall–Kier alpha value is -1.39. The molecular weight excluding hydrogens is 265 g/mol. The number of benzene rings is 1. The predicted octanol–water partition coefficient (Wildman–Crippen LogP) is 3.25. The topological polar surface area (TPSA) is 43.8 Å². The summed E-state index contributed by atoms with van der Waals surface area (Å²) in [6, 6.07) is 6.01. The molecule has 1 unspecified atom stereocenters. The minimum atomic E-state index is -0.261. The van der Waals surface area contributed by atoms with E-state index in [2.05, 4.69) is 5.10 Å². The van der Waals surface area contributed by atoms with Crippen molar-refractivity contribution in [2.24, 2.45) is 5.73 Å².